The second-order valence-corrected chi connectivity index (χ2v) is 5.15. The SMILES string of the molecule is CC(Nc1ccc(C(F)(F)F)cc1N)c1ccc(Cl)cc1. The van der Waals surface area contributed by atoms with Crippen molar-refractivity contribution in [2.75, 3.05) is 11.1 Å². The van der Waals surface area contributed by atoms with E-state index in [1.807, 2.05) is 19.1 Å². The summed E-state index contributed by atoms with van der Waals surface area (Å²) < 4.78 is 37.7. The van der Waals surface area contributed by atoms with Crippen molar-refractivity contribution >= 4 is 23.0 Å². The molecule has 0 aliphatic rings. The first kappa shape index (κ1) is 15.5. The van der Waals surface area contributed by atoms with E-state index in [1.165, 1.54) is 6.07 Å². The van der Waals surface area contributed by atoms with Crippen molar-refractivity contribution in [2.24, 2.45) is 0 Å². The van der Waals surface area contributed by atoms with Crippen molar-refractivity contribution in [1.82, 2.24) is 0 Å². The second kappa shape index (κ2) is 5.85. The summed E-state index contributed by atoms with van der Waals surface area (Å²) in [5, 5.41) is 3.71. The lowest BCUT2D eigenvalue weighted by Gasteiger charge is -2.18. The van der Waals surface area contributed by atoms with Crippen LogP contribution in [0.25, 0.3) is 0 Å². The maximum Gasteiger partial charge on any atom is 0.416 e. The molecule has 1 unspecified atom stereocenters. The predicted molar refractivity (Wildman–Crippen MR) is 79.3 cm³/mol. The molecule has 0 heterocycles. The summed E-state index contributed by atoms with van der Waals surface area (Å²) in [4.78, 5) is 0. The lowest BCUT2D eigenvalue weighted by atomic mass is 10.1. The molecule has 0 bridgehead atoms. The van der Waals surface area contributed by atoms with E-state index in [4.69, 9.17) is 17.3 Å². The van der Waals surface area contributed by atoms with Crippen molar-refractivity contribution in [3.8, 4) is 0 Å². The number of nitrogen functional groups attached to an aromatic ring is 1. The molecule has 0 amide bonds. The Morgan fingerprint density at radius 1 is 1.10 bits per heavy atom. The molecule has 0 aliphatic heterocycles. The molecule has 0 saturated carbocycles. The Morgan fingerprint density at radius 2 is 1.71 bits per heavy atom. The number of hydrogen-bond donors (Lipinski definition) is 2. The molecule has 1 atom stereocenters. The number of halogens is 4. The number of anilines is 2. The minimum Gasteiger partial charge on any atom is -0.397 e. The Bertz CT molecular complexity index is 624. The van der Waals surface area contributed by atoms with Crippen LogP contribution in [0.15, 0.2) is 42.5 Å². The average molecular weight is 315 g/mol. The van der Waals surface area contributed by atoms with Gasteiger partial charge >= 0.3 is 6.18 Å². The fourth-order valence-corrected chi connectivity index (χ4v) is 2.06. The van der Waals surface area contributed by atoms with Gasteiger partial charge in [-0.05, 0) is 42.8 Å². The zero-order valence-corrected chi connectivity index (χ0v) is 12.0. The molecule has 0 spiro atoms. The van der Waals surface area contributed by atoms with Gasteiger partial charge in [0, 0.05) is 11.1 Å². The first-order valence-corrected chi connectivity index (χ1v) is 6.64. The summed E-state index contributed by atoms with van der Waals surface area (Å²) in [5.74, 6) is 0. The third-order valence-electron chi connectivity index (χ3n) is 3.12. The molecule has 2 aromatic rings. The molecule has 6 heteroatoms. The highest BCUT2D eigenvalue weighted by molar-refractivity contribution is 6.30. The Hall–Kier alpha value is -1.88. The number of alkyl halides is 3. The van der Waals surface area contributed by atoms with Gasteiger partial charge in [0.25, 0.3) is 0 Å². The highest BCUT2D eigenvalue weighted by Gasteiger charge is 2.30. The smallest absolute Gasteiger partial charge is 0.397 e. The van der Waals surface area contributed by atoms with Crippen LogP contribution in [-0.2, 0) is 6.18 Å². The van der Waals surface area contributed by atoms with Crippen LogP contribution < -0.4 is 11.1 Å². The van der Waals surface area contributed by atoms with Crippen molar-refractivity contribution in [3.05, 3.63) is 58.6 Å². The van der Waals surface area contributed by atoms with Crippen molar-refractivity contribution < 1.29 is 13.2 Å². The van der Waals surface area contributed by atoms with Crippen LogP contribution in [0.5, 0.6) is 0 Å². The standard InChI is InChI=1S/C15H14ClF3N2/c1-9(10-2-5-12(16)6-3-10)21-14-7-4-11(8-13(14)20)15(17,18)19/h2-9,21H,20H2,1H3. The molecular weight excluding hydrogens is 301 g/mol. The minimum absolute atomic E-state index is 0.0608. The van der Waals surface area contributed by atoms with Crippen LogP contribution in [-0.4, -0.2) is 0 Å². The van der Waals surface area contributed by atoms with E-state index in [9.17, 15) is 13.2 Å². The van der Waals surface area contributed by atoms with Gasteiger partial charge in [-0.15, -0.1) is 0 Å². The maximum atomic E-state index is 12.6. The van der Waals surface area contributed by atoms with Gasteiger partial charge in [-0.25, -0.2) is 0 Å². The summed E-state index contributed by atoms with van der Waals surface area (Å²) in [6.07, 6.45) is -4.39. The van der Waals surface area contributed by atoms with Gasteiger partial charge in [0.05, 0.1) is 16.9 Å². The molecule has 0 fully saturated rings. The first-order chi connectivity index (χ1) is 9.77. The van der Waals surface area contributed by atoms with E-state index in [1.54, 1.807) is 12.1 Å². The van der Waals surface area contributed by atoms with Crippen LogP contribution in [0.4, 0.5) is 24.5 Å². The normalized spacial score (nSPS) is 13.0. The summed E-state index contributed by atoms with van der Waals surface area (Å²) in [6.45, 7) is 1.89. The molecule has 0 aromatic heterocycles. The molecule has 0 aliphatic carbocycles. The van der Waals surface area contributed by atoms with Gasteiger partial charge in [-0.1, -0.05) is 23.7 Å². The molecule has 0 saturated heterocycles. The topological polar surface area (TPSA) is 38.0 Å². The van der Waals surface area contributed by atoms with Gasteiger partial charge < -0.3 is 11.1 Å². The van der Waals surface area contributed by atoms with Crippen molar-refractivity contribution in [3.63, 3.8) is 0 Å². The lowest BCUT2D eigenvalue weighted by molar-refractivity contribution is -0.137. The van der Waals surface area contributed by atoms with E-state index in [-0.39, 0.29) is 11.7 Å². The van der Waals surface area contributed by atoms with Crippen LogP contribution in [0, 0.1) is 0 Å². The van der Waals surface area contributed by atoms with Crippen LogP contribution in [0.2, 0.25) is 5.02 Å². The Labute approximate surface area is 125 Å². The van der Waals surface area contributed by atoms with E-state index in [0.29, 0.717) is 10.7 Å². The molecule has 3 N–H and O–H groups in total. The molecule has 2 nitrogen and oxygen atoms in total. The molecule has 2 aromatic carbocycles. The second-order valence-electron chi connectivity index (χ2n) is 4.72. The van der Waals surface area contributed by atoms with E-state index < -0.39 is 11.7 Å². The zero-order valence-electron chi connectivity index (χ0n) is 11.2. The lowest BCUT2D eigenvalue weighted by Crippen LogP contribution is -2.10. The van der Waals surface area contributed by atoms with E-state index in [2.05, 4.69) is 5.32 Å². The predicted octanol–water partition coefficient (Wildman–Crippen LogP) is 5.11. The number of benzene rings is 2. The third-order valence-corrected chi connectivity index (χ3v) is 3.37. The van der Waals surface area contributed by atoms with Crippen molar-refractivity contribution in [2.45, 2.75) is 19.1 Å². The minimum atomic E-state index is -4.39. The fourth-order valence-electron chi connectivity index (χ4n) is 1.94. The molecular formula is C15H14ClF3N2. The quantitative estimate of drug-likeness (QED) is 0.772. The fraction of sp³-hybridized carbons (Fsp3) is 0.200. The third kappa shape index (κ3) is 3.82. The maximum absolute atomic E-state index is 12.6. The van der Waals surface area contributed by atoms with E-state index in [0.717, 1.165) is 17.7 Å². The largest absolute Gasteiger partial charge is 0.416 e. The van der Waals surface area contributed by atoms with Crippen LogP contribution in [0.3, 0.4) is 0 Å². The highest BCUT2D eigenvalue weighted by Crippen LogP contribution is 2.33. The number of nitrogens with one attached hydrogen (secondary N) is 1. The van der Waals surface area contributed by atoms with Crippen LogP contribution >= 0.6 is 11.6 Å². The monoisotopic (exact) mass is 314 g/mol. The summed E-state index contributed by atoms with van der Waals surface area (Å²) in [7, 11) is 0. The Balaban J connectivity index is 2.18. The number of nitrogens with two attached hydrogens (primary N) is 1. The van der Waals surface area contributed by atoms with Crippen LogP contribution in [0.1, 0.15) is 24.1 Å². The Morgan fingerprint density at radius 3 is 2.24 bits per heavy atom. The Kier molecular flexibility index (Phi) is 4.32. The van der Waals surface area contributed by atoms with Crippen molar-refractivity contribution in [1.29, 1.82) is 0 Å². The number of rotatable bonds is 3. The van der Waals surface area contributed by atoms with Gasteiger partial charge in [0.1, 0.15) is 0 Å². The molecule has 21 heavy (non-hydrogen) atoms. The van der Waals surface area contributed by atoms with Gasteiger partial charge in [-0.2, -0.15) is 13.2 Å². The molecule has 2 rings (SSSR count). The summed E-state index contributed by atoms with van der Waals surface area (Å²) in [6, 6.07) is 10.4. The first-order valence-electron chi connectivity index (χ1n) is 6.26. The molecule has 0 radical (unpaired) electrons. The average Bonchev–Trinajstić information content (AvgIpc) is 2.40. The summed E-state index contributed by atoms with van der Waals surface area (Å²) in [5.41, 5.74) is 6.41. The van der Waals surface area contributed by atoms with Gasteiger partial charge in [0.2, 0.25) is 0 Å². The zero-order chi connectivity index (χ0) is 15.6. The molecule has 112 valence electrons. The highest BCUT2D eigenvalue weighted by atomic mass is 35.5. The van der Waals surface area contributed by atoms with Gasteiger partial charge in [0.15, 0.2) is 0 Å². The van der Waals surface area contributed by atoms with E-state index >= 15 is 0 Å². The number of hydrogen-bond acceptors (Lipinski definition) is 2. The van der Waals surface area contributed by atoms with Gasteiger partial charge in [-0.3, -0.25) is 0 Å². The summed E-state index contributed by atoms with van der Waals surface area (Å²) >= 11 is 5.81.